The SMILES string of the molecule is NC1(c2noc(C3CCCCC3)n2)CCCC1. The van der Waals surface area contributed by atoms with Crippen LogP contribution in [0.3, 0.4) is 0 Å². The summed E-state index contributed by atoms with van der Waals surface area (Å²) in [6.45, 7) is 0. The van der Waals surface area contributed by atoms with Crippen molar-refractivity contribution in [3.63, 3.8) is 0 Å². The lowest BCUT2D eigenvalue weighted by Crippen LogP contribution is -2.34. The van der Waals surface area contributed by atoms with E-state index in [-0.39, 0.29) is 5.54 Å². The maximum atomic E-state index is 6.34. The summed E-state index contributed by atoms with van der Waals surface area (Å²) in [6, 6.07) is 0. The average molecular weight is 235 g/mol. The highest BCUT2D eigenvalue weighted by Gasteiger charge is 2.36. The summed E-state index contributed by atoms with van der Waals surface area (Å²) in [6.07, 6.45) is 10.7. The van der Waals surface area contributed by atoms with Crippen molar-refractivity contribution < 1.29 is 4.52 Å². The van der Waals surface area contributed by atoms with Crippen LogP contribution in [0.1, 0.15) is 75.4 Å². The van der Waals surface area contributed by atoms with Crippen LogP contribution in [0, 0.1) is 0 Å². The molecule has 0 saturated heterocycles. The first kappa shape index (κ1) is 11.2. The smallest absolute Gasteiger partial charge is 0.229 e. The zero-order chi connectivity index (χ0) is 11.7. The Morgan fingerprint density at radius 2 is 1.76 bits per heavy atom. The van der Waals surface area contributed by atoms with E-state index in [0.717, 1.165) is 24.6 Å². The molecular formula is C13H21N3O. The van der Waals surface area contributed by atoms with Crippen LogP contribution in [-0.2, 0) is 5.54 Å². The summed E-state index contributed by atoms with van der Waals surface area (Å²) >= 11 is 0. The Morgan fingerprint density at radius 3 is 2.47 bits per heavy atom. The Kier molecular flexibility index (Phi) is 2.90. The van der Waals surface area contributed by atoms with Crippen molar-refractivity contribution in [2.24, 2.45) is 5.73 Å². The Hall–Kier alpha value is -0.900. The van der Waals surface area contributed by atoms with Crippen LogP contribution < -0.4 is 5.73 Å². The average Bonchev–Trinajstić information content (AvgIpc) is 2.99. The van der Waals surface area contributed by atoms with Crippen LogP contribution in [0.15, 0.2) is 4.52 Å². The maximum Gasteiger partial charge on any atom is 0.229 e. The van der Waals surface area contributed by atoms with Gasteiger partial charge in [-0.1, -0.05) is 37.3 Å². The fraction of sp³-hybridized carbons (Fsp3) is 0.846. The van der Waals surface area contributed by atoms with Gasteiger partial charge in [-0.05, 0) is 25.7 Å². The summed E-state index contributed by atoms with van der Waals surface area (Å²) in [4.78, 5) is 4.58. The van der Waals surface area contributed by atoms with Gasteiger partial charge < -0.3 is 10.3 Å². The fourth-order valence-corrected chi connectivity index (χ4v) is 3.18. The number of rotatable bonds is 2. The molecule has 0 amide bonds. The highest BCUT2D eigenvalue weighted by Crippen LogP contribution is 2.37. The number of hydrogen-bond acceptors (Lipinski definition) is 4. The predicted molar refractivity (Wildman–Crippen MR) is 64.5 cm³/mol. The topological polar surface area (TPSA) is 64.9 Å². The second-order valence-corrected chi connectivity index (χ2v) is 5.65. The van der Waals surface area contributed by atoms with E-state index in [1.54, 1.807) is 0 Å². The van der Waals surface area contributed by atoms with Crippen molar-refractivity contribution in [2.75, 3.05) is 0 Å². The van der Waals surface area contributed by atoms with E-state index >= 15 is 0 Å². The molecular weight excluding hydrogens is 214 g/mol. The van der Waals surface area contributed by atoms with Gasteiger partial charge in [-0.2, -0.15) is 4.98 Å². The van der Waals surface area contributed by atoms with Crippen molar-refractivity contribution in [3.05, 3.63) is 11.7 Å². The normalized spacial score (nSPS) is 25.2. The van der Waals surface area contributed by atoms with Gasteiger partial charge in [0.1, 0.15) is 0 Å². The molecule has 2 fully saturated rings. The predicted octanol–water partition coefficient (Wildman–Crippen LogP) is 2.85. The van der Waals surface area contributed by atoms with Crippen molar-refractivity contribution in [2.45, 2.75) is 69.2 Å². The third kappa shape index (κ3) is 2.10. The molecule has 2 saturated carbocycles. The summed E-state index contributed by atoms with van der Waals surface area (Å²) in [7, 11) is 0. The molecule has 4 nitrogen and oxygen atoms in total. The van der Waals surface area contributed by atoms with Crippen molar-refractivity contribution in [1.29, 1.82) is 0 Å². The number of hydrogen-bond donors (Lipinski definition) is 1. The fourth-order valence-electron chi connectivity index (χ4n) is 3.18. The monoisotopic (exact) mass is 235 g/mol. The van der Waals surface area contributed by atoms with Gasteiger partial charge >= 0.3 is 0 Å². The minimum atomic E-state index is -0.309. The Bertz CT molecular complexity index is 376. The molecule has 1 heterocycles. The van der Waals surface area contributed by atoms with Gasteiger partial charge in [0.15, 0.2) is 5.82 Å². The Labute approximate surface area is 102 Å². The van der Waals surface area contributed by atoms with Crippen LogP contribution in [0.25, 0.3) is 0 Å². The molecule has 0 bridgehead atoms. The Balaban J connectivity index is 1.77. The highest BCUT2D eigenvalue weighted by molar-refractivity contribution is 5.08. The molecule has 0 radical (unpaired) electrons. The molecule has 4 heteroatoms. The number of nitrogens with zero attached hydrogens (tertiary/aromatic N) is 2. The van der Waals surface area contributed by atoms with Gasteiger partial charge in [0.05, 0.1) is 5.54 Å². The van der Waals surface area contributed by atoms with Gasteiger partial charge in [-0.3, -0.25) is 0 Å². The molecule has 2 aliphatic rings. The molecule has 1 aromatic rings. The lowest BCUT2D eigenvalue weighted by atomic mass is 9.89. The van der Waals surface area contributed by atoms with E-state index in [0.29, 0.717) is 5.92 Å². The molecule has 2 N–H and O–H groups in total. The van der Waals surface area contributed by atoms with Crippen molar-refractivity contribution in [3.8, 4) is 0 Å². The molecule has 2 aliphatic carbocycles. The molecule has 3 rings (SSSR count). The van der Waals surface area contributed by atoms with Gasteiger partial charge in [0.25, 0.3) is 0 Å². The molecule has 17 heavy (non-hydrogen) atoms. The van der Waals surface area contributed by atoms with Crippen LogP contribution in [0.2, 0.25) is 0 Å². The third-order valence-electron chi connectivity index (χ3n) is 4.34. The molecule has 0 aromatic carbocycles. The maximum absolute atomic E-state index is 6.34. The summed E-state index contributed by atoms with van der Waals surface area (Å²) in [5.41, 5.74) is 6.03. The molecule has 0 spiro atoms. The molecule has 0 atom stereocenters. The van der Waals surface area contributed by atoms with E-state index < -0.39 is 0 Å². The van der Waals surface area contributed by atoms with E-state index in [9.17, 15) is 0 Å². The summed E-state index contributed by atoms with van der Waals surface area (Å²) in [5.74, 6) is 2.06. The van der Waals surface area contributed by atoms with Crippen LogP contribution >= 0.6 is 0 Å². The largest absolute Gasteiger partial charge is 0.339 e. The minimum absolute atomic E-state index is 0.309. The van der Waals surface area contributed by atoms with E-state index in [1.165, 1.54) is 44.9 Å². The minimum Gasteiger partial charge on any atom is -0.339 e. The first-order valence-electron chi connectivity index (χ1n) is 6.91. The van der Waals surface area contributed by atoms with Gasteiger partial charge in [-0.15, -0.1) is 0 Å². The first-order valence-corrected chi connectivity index (χ1v) is 6.91. The van der Waals surface area contributed by atoms with Gasteiger partial charge in [-0.25, -0.2) is 0 Å². The number of nitrogens with two attached hydrogens (primary N) is 1. The lowest BCUT2D eigenvalue weighted by Gasteiger charge is -2.19. The van der Waals surface area contributed by atoms with E-state index in [2.05, 4.69) is 10.1 Å². The molecule has 0 unspecified atom stereocenters. The molecule has 1 aromatic heterocycles. The van der Waals surface area contributed by atoms with Gasteiger partial charge in [0.2, 0.25) is 5.89 Å². The third-order valence-corrected chi connectivity index (χ3v) is 4.34. The van der Waals surface area contributed by atoms with Crippen molar-refractivity contribution >= 4 is 0 Å². The second kappa shape index (κ2) is 4.41. The Morgan fingerprint density at radius 1 is 1.06 bits per heavy atom. The van der Waals surface area contributed by atoms with E-state index in [4.69, 9.17) is 10.3 Å². The second-order valence-electron chi connectivity index (χ2n) is 5.65. The van der Waals surface area contributed by atoms with Crippen LogP contribution in [0.5, 0.6) is 0 Å². The number of aromatic nitrogens is 2. The van der Waals surface area contributed by atoms with Crippen molar-refractivity contribution in [1.82, 2.24) is 10.1 Å². The summed E-state index contributed by atoms with van der Waals surface area (Å²) in [5, 5.41) is 4.13. The zero-order valence-electron chi connectivity index (χ0n) is 10.3. The lowest BCUT2D eigenvalue weighted by molar-refractivity contribution is 0.305. The van der Waals surface area contributed by atoms with Gasteiger partial charge in [0, 0.05) is 5.92 Å². The summed E-state index contributed by atoms with van der Waals surface area (Å²) < 4.78 is 5.44. The van der Waals surface area contributed by atoms with E-state index in [1.807, 2.05) is 0 Å². The quantitative estimate of drug-likeness (QED) is 0.856. The molecule has 94 valence electrons. The van der Waals surface area contributed by atoms with Crippen LogP contribution in [0.4, 0.5) is 0 Å². The standard InChI is InChI=1S/C13H21N3O/c14-13(8-4-5-9-13)12-15-11(17-16-12)10-6-2-1-3-7-10/h10H,1-9,14H2. The van der Waals surface area contributed by atoms with Crippen LogP contribution in [-0.4, -0.2) is 10.1 Å². The highest BCUT2D eigenvalue weighted by atomic mass is 16.5. The molecule has 0 aliphatic heterocycles. The first-order chi connectivity index (χ1) is 8.28. The zero-order valence-corrected chi connectivity index (χ0v) is 10.3.